The third kappa shape index (κ3) is 4.14. The van der Waals surface area contributed by atoms with Crippen LogP contribution in [0.25, 0.3) is 0 Å². The summed E-state index contributed by atoms with van der Waals surface area (Å²) in [7, 11) is 2.01. The first-order chi connectivity index (χ1) is 5.93. The zero-order chi connectivity index (χ0) is 8.65. The van der Waals surface area contributed by atoms with Gasteiger partial charge in [-0.15, -0.1) is 23.1 Å². The summed E-state index contributed by atoms with van der Waals surface area (Å²) < 4.78 is 1.44. The lowest BCUT2D eigenvalue weighted by Crippen LogP contribution is -2.07. The van der Waals surface area contributed by atoms with Gasteiger partial charge in [0.1, 0.15) is 0 Å². The summed E-state index contributed by atoms with van der Waals surface area (Å²) in [5.41, 5.74) is 0. The Balaban J connectivity index is 1.96. The number of thiophene rings is 1. The van der Waals surface area contributed by atoms with E-state index in [1.165, 1.54) is 22.8 Å². The highest BCUT2D eigenvalue weighted by atomic mass is 32.2. The van der Waals surface area contributed by atoms with Crippen LogP contribution in [-0.2, 0) is 0 Å². The average molecular weight is 201 g/mol. The van der Waals surface area contributed by atoms with Gasteiger partial charge in [-0.05, 0) is 43.6 Å². The van der Waals surface area contributed by atoms with Gasteiger partial charge in [0.15, 0.2) is 0 Å². The highest BCUT2D eigenvalue weighted by Gasteiger charge is 1.93. The molecule has 3 heteroatoms. The van der Waals surface area contributed by atoms with Crippen LogP contribution in [0.2, 0.25) is 0 Å². The molecule has 0 saturated carbocycles. The van der Waals surface area contributed by atoms with Gasteiger partial charge in [-0.3, -0.25) is 0 Å². The van der Waals surface area contributed by atoms with E-state index in [9.17, 15) is 0 Å². The molecule has 0 amide bonds. The van der Waals surface area contributed by atoms with E-state index in [0.717, 1.165) is 6.54 Å². The molecule has 1 heterocycles. The van der Waals surface area contributed by atoms with Gasteiger partial charge in [-0.2, -0.15) is 0 Å². The molecule has 0 bridgehead atoms. The van der Waals surface area contributed by atoms with Crippen LogP contribution in [0, 0.1) is 0 Å². The Morgan fingerprint density at radius 2 is 2.42 bits per heavy atom. The number of hydrogen-bond acceptors (Lipinski definition) is 3. The van der Waals surface area contributed by atoms with Crippen molar-refractivity contribution in [1.29, 1.82) is 0 Å². The second kappa shape index (κ2) is 6.52. The Labute approximate surface area is 82.6 Å². The Morgan fingerprint density at radius 3 is 3.08 bits per heavy atom. The maximum Gasteiger partial charge on any atom is 0.0598 e. The Hall–Kier alpha value is 0.01000. The summed E-state index contributed by atoms with van der Waals surface area (Å²) in [6.45, 7) is 1.14. The molecular weight excluding hydrogens is 186 g/mol. The van der Waals surface area contributed by atoms with E-state index in [1.807, 2.05) is 30.1 Å². The van der Waals surface area contributed by atoms with Crippen LogP contribution in [0.15, 0.2) is 21.7 Å². The second-order valence-corrected chi connectivity index (χ2v) is 4.93. The van der Waals surface area contributed by atoms with E-state index in [-0.39, 0.29) is 0 Å². The normalized spacial score (nSPS) is 10.4. The summed E-state index contributed by atoms with van der Waals surface area (Å²) in [6, 6.07) is 4.30. The molecule has 0 aliphatic rings. The maximum atomic E-state index is 3.15. The number of thioether (sulfide) groups is 1. The van der Waals surface area contributed by atoms with E-state index >= 15 is 0 Å². The molecule has 0 atom stereocenters. The number of unbranched alkanes of at least 4 members (excludes halogenated alkanes) is 1. The minimum atomic E-state index is 1.14. The molecule has 0 spiro atoms. The minimum Gasteiger partial charge on any atom is -0.320 e. The van der Waals surface area contributed by atoms with Gasteiger partial charge in [-0.1, -0.05) is 6.07 Å². The van der Waals surface area contributed by atoms with Gasteiger partial charge in [0.2, 0.25) is 0 Å². The molecule has 1 rings (SSSR count). The highest BCUT2D eigenvalue weighted by Crippen LogP contribution is 2.23. The van der Waals surface area contributed by atoms with E-state index in [1.54, 1.807) is 0 Å². The summed E-state index contributed by atoms with van der Waals surface area (Å²) in [4.78, 5) is 0. The van der Waals surface area contributed by atoms with Crippen LogP contribution in [-0.4, -0.2) is 19.3 Å². The molecule has 0 aliphatic heterocycles. The van der Waals surface area contributed by atoms with Crippen LogP contribution in [0.4, 0.5) is 0 Å². The molecule has 1 nitrogen and oxygen atoms in total. The standard InChI is InChI=1S/C9H15NS2/c1-10-6-2-3-7-11-9-5-4-8-12-9/h4-5,8,10H,2-3,6-7H2,1H3. The van der Waals surface area contributed by atoms with Gasteiger partial charge in [0.25, 0.3) is 0 Å². The minimum absolute atomic E-state index is 1.14. The van der Waals surface area contributed by atoms with Crippen LogP contribution < -0.4 is 5.32 Å². The molecule has 0 aliphatic carbocycles. The van der Waals surface area contributed by atoms with Gasteiger partial charge in [0, 0.05) is 0 Å². The molecule has 0 unspecified atom stereocenters. The second-order valence-electron chi connectivity index (χ2n) is 2.59. The van der Waals surface area contributed by atoms with E-state index in [0.29, 0.717) is 0 Å². The SMILES string of the molecule is CNCCCCSc1cccs1. The molecule has 0 saturated heterocycles. The van der Waals surface area contributed by atoms with E-state index in [4.69, 9.17) is 0 Å². The molecule has 1 N–H and O–H groups in total. The monoisotopic (exact) mass is 201 g/mol. The molecular formula is C9H15NS2. The molecule has 1 aromatic heterocycles. The fourth-order valence-corrected chi connectivity index (χ4v) is 2.78. The average Bonchev–Trinajstić information content (AvgIpc) is 2.57. The first-order valence-corrected chi connectivity index (χ1v) is 6.11. The van der Waals surface area contributed by atoms with Crippen molar-refractivity contribution >= 4 is 23.1 Å². The van der Waals surface area contributed by atoms with Crippen molar-refractivity contribution in [2.45, 2.75) is 17.1 Å². The Morgan fingerprint density at radius 1 is 1.50 bits per heavy atom. The predicted octanol–water partition coefficient (Wildman–Crippen LogP) is 2.84. The van der Waals surface area contributed by atoms with Crippen LogP contribution in [0.3, 0.4) is 0 Å². The number of hydrogen-bond donors (Lipinski definition) is 1. The Bertz CT molecular complexity index is 184. The lowest BCUT2D eigenvalue weighted by Gasteiger charge is -1.98. The van der Waals surface area contributed by atoms with Gasteiger partial charge >= 0.3 is 0 Å². The number of nitrogens with one attached hydrogen (secondary N) is 1. The van der Waals surface area contributed by atoms with Gasteiger partial charge in [0.05, 0.1) is 4.21 Å². The topological polar surface area (TPSA) is 12.0 Å². The van der Waals surface area contributed by atoms with Crippen molar-refractivity contribution in [2.24, 2.45) is 0 Å². The van der Waals surface area contributed by atoms with Gasteiger partial charge < -0.3 is 5.32 Å². The molecule has 1 aromatic rings. The fraction of sp³-hybridized carbons (Fsp3) is 0.556. The van der Waals surface area contributed by atoms with Crippen molar-refractivity contribution in [2.75, 3.05) is 19.3 Å². The summed E-state index contributed by atoms with van der Waals surface area (Å²) in [6.07, 6.45) is 2.60. The van der Waals surface area contributed by atoms with Crippen LogP contribution in [0.5, 0.6) is 0 Å². The summed E-state index contributed by atoms with van der Waals surface area (Å²) in [5, 5.41) is 5.29. The van der Waals surface area contributed by atoms with E-state index < -0.39 is 0 Å². The first-order valence-electron chi connectivity index (χ1n) is 4.24. The molecule has 68 valence electrons. The zero-order valence-electron chi connectivity index (χ0n) is 7.38. The lowest BCUT2D eigenvalue weighted by molar-refractivity contribution is 0.715. The predicted molar refractivity (Wildman–Crippen MR) is 58.2 cm³/mol. The largest absolute Gasteiger partial charge is 0.320 e. The Kier molecular flexibility index (Phi) is 5.48. The quantitative estimate of drug-likeness (QED) is 0.561. The third-order valence-electron chi connectivity index (χ3n) is 1.56. The number of rotatable bonds is 6. The first kappa shape index (κ1) is 10.1. The third-order valence-corrected chi connectivity index (χ3v) is 3.78. The fourth-order valence-electron chi connectivity index (χ4n) is 0.922. The molecule has 0 fully saturated rings. The van der Waals surface area contributed by atoms with Crippen molar-refractivity contribution in [1.82, 2.24) is 5.32 Å². The molecule has 12 heavy (non-hydrogen) atoms. The van der Waals surface area contributed by atoms with Gasteiger partial charge in [-0.25, -0.2) is 0 Å². The highest BCUT2D eigenvalue weighted by molar-refractivity contribution is 8.01. The molecule has 0 radical (unpaired) electrons. The van der Waals surface area contributed by atoms with Crippen molar-refractivity contribution in [3.63, 3.8) is 0 Å². The van der Waals surface area contributed by atoms with Crippen molar-refractivity contribution < 1.29 is 0 Å². The van der Waals surface area contributed by atoms with Crippen molar-refractivity contribution in [3.8, 4) is 0 Å². The van der Waals surface area contributed by atoms with Crippen LogP contribution >= 0.6 is 23.1 Å². The maximum absolute atomic E-state index is 3.15. The van der Waals surface area contributed by atoms with Crippen molar-refractivity contribution in [3.05, 3.63) is 17.5 Å². The smallest absolute Gasteiger partial charge is 0.0598 e. The summed E-state index contributed by atoms with van der Waals surface area (Å²) >= 11 is 3.80. The zero-order valence-corrected chi connectivity index (χ0v) is 9.01. The van der Waals surface area contributed by atoms with Crippen LogP contribution in [0.1, 0.15) is 12.8 Å². The van der Waals surface area contributed by atoms with E-state index in [2.05, 4.69) is 22.8 Å². The summed E-state index contributed by atoms with van der Waals surface area (Å²) in [5.74, 6) is 1.25. The molecule has 0 aromatic carbocycles. The lowest BCUT2D eigenvalue weighted by atomic mass is 10.3.